The quantitative estimate of drug-likeness (QED) is 0.585. The van der Waals surface area contributed by atoms with Crippen molar-refractivity contribution in [2.45, 2.75) is 34.2 Å². The van der Waals surface area contributed by atoms with Crippen LogP contribution in [-0.2, 0) is 6.54 Å². The molecule has 1 aromatic rings. The van der Waals surface area contributed by atoms with Gasteiger partial charge in [-0.3, -0.25) is 10.1 Å². The summed E-state index contributed by atoms with van der Waals surface area (Å²) < 4.78 is 5.56. The molecule has 0 aliphatic rings. The lowest BCUT2D eigenvalue weighted by Crippen LogP contribution is -2.19. The molecule has 5 heteroatoms. The molecule has 0 saturated heterocycles. The van der Waals surface area contributed by atoms with Crippen molar-refractivity contribution < 1.29 is 9.66 Å². The molecular weight excluding hydrogens is 256 g/mol. The maximum absolute atomic E-state index is 11.0. The molecule has 112 valence electrons. The van der Waals surface area contributed by atoms with E-state index in [4.69, 9.17) is 4.74 Å². The molecule has 1 rings (SSSR count). The Kier molecular flexibility index (Phi) is 6.45. The summed E-state index contributed by atoms with van der Waals surface area (Å²) in [5.41, 5.74) is 1.02. The molecule has 0 spiro atoms. The van der Waals surface area contributed by atoms with Gasteiger partial charge in [0.1, 0.15) is 0 Å². The second-order valence-electron chi connectivity index (χ2n) is 5.79. The first-order chi connectivity index (χ1) is 9.40. The first kappa shape index (κ1) is 16.4. The fourth-order valence-corrected chi connectivity index (χ4v) is 1.70. The molecular formula is C15H24N2O3. The van der Waals surface area contributed by atoms with Crippen molar-refractivity contribution in [3.63, 3.8) is 0 Å². The number of hydrogen-bond acceptors (Lipinski definition) is 4. The Balaban J connectivity index is 2.78. The molecule has 0 heterocycles. The number of nitro groups is 1. The lowest BCUT2D eigenvalue weighted by Gasteiger charge is -2.11. The average molecular weight is 280 g/mol. The number of hydrogen-bond donors (Lipinski definition) is 1. The highest BCUT2D eigenvalue weighted by atomic mass is 16.6. The zero-order valence-electron chi connectivity index (χ0n) is 12.7. The third-order valence-electron chi connectivity index (χ3n) is 2.67. The van der Waals surface area contributed by atoms with E-state index in [-0.39, 0.29) is 5.69 Å². The van der Waals surface area contributed by atoms with Crippen LogP contribution in [0.1, 0.15) is 33.3 Å². The molecule has 0 amide bonds. The number of benzene rings is 1. The van der Waals surface area contributed by atoms with Crippen LogP contribution in [0.5, 0.6) is 5.75 Å². The van der Waals surface area contributed by atoms with Gasteiger partial charge in [-0.1, -0.05) is 33.8 Å². The van der Waals surface area contributed by atoms with Crippen LogP contribution in [0.15, 0.2) is 18.2 Å². The second kappa shape index (κ2) is 7.85. The Hall–Kier alpha value is -1.62. The highest BCUT2D eigenvalue weighted by Gasteiger charge is 2.16. The van der Waals surface area contributed by atoms with E-state index in [9.17, 15) is 10.1 Å². The van der Waals surface area contributed by atoms with Crippen molar-refractivity contribution >= 4 is 5.69 Å². The van der Waals surface area contributed by atoms with E-state index in [0.29, 0.717) is 30.7 Å². The van der Waals surface area contributed by atoms with Gasteiger partial charge < -0.3 is 10.1 Å². The minimum absolute atomic E-state index is 0.0262. The van der Waals surface area contributed by atoms with Gasteiger partial charge in [-0.05, 0) is 30.0 Å². The zero-order valence-corrected chi connectivity index (χ0v) is 12.7. The maximum Gasteiger partial charge on any atom is 0.310 e. The zero-order chi connectivity index (χ0) is 15.1. The van der Waals surface area contributed by atoms with Crippen LogP contribution in [0.2, 0.25) is 0 Å². The van der Waals surface area contributed by atoms with Gasteiger partial charge in [-0.15, -0.1) is 0 Å². The Morgan fingerprint density at radius 2 is 1.95 bits per heavy atom. The topological polar surface area (TPSA) is 64.4 Å². The van der Waals surface area contributed by atoms with Gasteiger partial charge in [0.15, 0.2) is 5.75 Å². The molecule has 0 saturated carbocycles. The van der Waals surface area contributed by atoms with Gasteiger partial charge in [-0.25, -0.2) is 0 Å². The third kappa shape index (κ3) is 5.57. The molecule has 0 atom stereocenters. The van der Waals surface area contributed by atoms with E-state index in [1.807, 2.05) is 13.8 Å². The standard InChI is InChI=1S/C15H24N2O3/c1-11(2)8-16-9-13-5-6-14(17(18)19)15(7-13)20-10-12(3)4/h5-7,11-12,16H,8-10H2,1-4H3. The van der Waals surface area contributed by atoms with Crippen LogP contribution in [0.3, 0.4) is 0 Å². The van der Waals surface area contributed by atoms with E-state index in [0.717, 1.165) is 12.1 Å². The fraction of sp³-hybridized carbons (Fsp3) is 0.600. The molecule has 0 radical (unpaired) electrons. The van der Waals surface area contributed by atoms with Crippen LogP contribution in [-0.4, -0.2) is 18.1 Å². The molecule has 0 bridgehead atoms. The monoisotopic (exact) mass is 280 g/mol. The predicted molar refractivity (Wildman–Crippen MR) is 80.0 cm³/mol. The van der Waals surface area contributed by atoms with Crippen molar-refractivity contribution in [3.8, 4) is 5.75 Å². The second-order valence-corrected chi connectivity index (χ2v) is 5.79. The summed E-state index contributed by atoms with van der Waals surface area (Å²) in [5, 5.41) is 14.3. The Morgan fingerprint density at radius 1 is 1.25 bits per heavy atom. The first-order valence-corrected chi connectivity index (χ1v) is 7.01. The van der Waals surface area contributed by atoms with Crippen molar-refractivity contribution in [3.05, 3.63) is 33.9 Å². The van der Waals surface area contributed by atoms with Gasteiger partial charge in [0.2, 0.25) is 0 Å². The van der Waals surface area contributed by atoms with Gasteiger partial charge in [0, 0.05) is 12.6 Å². The average Bonchev–Trinajstić information content (AvgIpc) is 2.35. The molecule has 0 unspecified atom stereocenters. The Morgan fingerprint density at radius 3 is 2.50 bits per heavy atom. The largest absolute Gasteiger partial charge is 0.487 e. The van der Waals surface area contributed by atoms with Crippen LogP contribution in [0.4, 0.5) is 5.69 Å². The fourth-order valence-electron chi connectivity index (χ4n) is 1.70. The van der Waals surface area contributed by atoms with E-state index in [1.54, 1.807) is 12.1 Å². The molecule has 1 aromatic carbocycles. The van der Waals surface area contributed by atoms with E-state index >= 15 is 0 Å². The van der Waals surface area contributed by atoms with Gasteiger partial charge >= 0.3 is 5.69 Å². The molecule has 0 aliphatic carbocycles. The van der Waals surface area contributed by atoms with Crippen molar-refractivity contribution in [1.82, 2.24) is 5.32 Å². The summed E-state index contributed by atoms with van der Waals surface area (Å²) in [6.07, 6.45) is 0. The minimum atomic E-state index is -0.402. The lowest BCUT2D eigenvalue weighted by molar-refractivity contribution is -0.385. The van der Waals surface area contributed by atoms with Gasteiger partial charge in [-0.2, -0.15) is 0 Å². The summed E-state index contributed by atoms with van der Waals surface area (Å²) in [6.45, 7) is 10.4. The van der Waals surface area contributed by atoms with Gasteiger partial charge in [0.05, 0.1) is 11.5 Å². The Bertz CT molecular complexity index is 445. The van der Waals surface area contributed by atoms with Crippen LogP contribution < -0.4 is 10.1 Å². The number of ether oxygens (including phenoxy) is 1. The van der Waals surface area contributed by atoms with Crippen LogP contribution in [0.25, 0.3) is 0 Å². The van der Waals surface area contributed by atoms with Crippen molar-refractivity contribution in [2.75, 3.05) is 13.2 Å². The van der Waals surface area contributed by atoms with Crippen molar-refractivity contribution in [1.29, 1.82) is 0 Å². The molecule has 5 nitrogen and oxygen atoms in total. The third-order valence-corrected chi connectivity index (χ3v) is 2.67. The predicted octanol–water partition coefficient (Wildman–Crippen LogP) is 3.38. The van der Waals surface area contributed by atoms with E-state index in [2.05, 4.69) is 19.2 Å². The molecule has 0 aliphatic heterocycles. The summed E-state index contributed by atoms with van der Waals surface area (Å²) in [5.74, 6) is 1.26. The van der Waals surface area contributed by atoms with Gasteiger partial charge in [0.25, 0.3) is 0 Å². The summed E-state index contributed by atoms with van der Waals surface area (Å²) in [4.78, 5) is 10.6. The molecule has 20 heavy (non-hydrogen) atoms. The SMILES string of the molecule is CC(C)CNCc1ccc([N+](=O)[O-])c(OCC(C)C)c1. The number of nitrogens with zero attached hydrogens (tertiary/aromatic N) is 1. The summed E-state index contributed by atoms with van der Waals surface area (Å²) in [6, 6.07) is 5.05. The summed E-state index contributed by atoms with van der Waals surface area (Å²) in [7, 11) is 0. The number of rotatable bonds is 8. The lowest BCUT2D eigenvalue weighted by atomic mass is 10.1. The molecule has 0 aromatic heterocycles. The first-order valence-electron chi connectivity index (χ1n) is 7.01. The van der Waals surface area contributed by atoms with E-state index < -0.39 is 4.92 Å². The minimum Gasteiger partial charge on any atom is -0.487 e. The highest BCUT2D eigenvalue weighted by molar-refractivity contribution is 5.48. The maximum atomic E-state index is 11.0. The highest BCUT2D eigenvalue weighted by Crippen LogP contribution is 2.28. The molecule has 0 fully saturated rings. The smallest absolute Gasteiger partial charge is 0.310 e. The van der Waals surface area contributed by atoms with Crippen molar-refractivity contribution in [2.24, 2.45) is 11.8 Å². The number of nitrogens with one attached hydrogen (secondary N) is 1. The normalized spacial score (nSPS) is 11.1. The number of nitro benzene ring substituents is 1. The van der Waals surface area contributed by atoms with Crippen LogP contribution >= 0.6 is 0 Å². The van der Waals surface area contributed by atoms with Crippen LogP contribution in [0, 0.1) is 22.0 Å². The molecule has 1 N–H and O–H groups in total. The van der Waals surface area contributed by atoms with E-state index in [1.165, 1.54) is 6.07 Å². The summed E-state index contributed by atoms with van der Waals surface area (Å²) >= 11 is 0. The Labute approximate surface area is 120 Å².